The normalized spacial score (nSPS) is 29.0. The van der Waals surface area contributed by atoms with Crippen LogP contribution in [-0.4, -0.2) is 10.8 Å². The van der Waals surface area contributed by atoms with Gasteiger partial charge in [-0.15, -0.1) is 0 Å². The lowest BCUT2D eigenvalue weighted by Gasteiger charge is -2.25. The number of allylic oxidation sites excluding steroid dienone is 5. The van der Waals surface area contributed by atoms with E-state index in [1.807, 2.05) is 0 Å². The number of hydrogen-bond donors (Lipinski definition) is 0. The van der Waals surface area contributed by atoms with E-state index in [0.717, 1.165) is 50.4 Å². The molecule has 0 amide bonds. The molecule has 0 radical (unpaired) electrons. The second kappa shape index (κ2) is 12.1. The van der Waals surface area contributed by atoms with Crippen molar-refractivity contribution in [2.45, 2.75) is 116 Å². The van der Waals surface area contributed by atoms with Crippen LogP contribution in [0.15, 0.2) is 48.1 Å². The van der Waals surface area contributed by atoms with Crippen LogP contribution in [0.25, 0.3) is 0 Å². The number of aromatic nitrogens is 1. The lowest BCUT2D eigenvalue weighted by atomic mass is 9.80. The number of carbonyl (C=O) groups excluding carboxylic acids is 1. The molecule has 2 atom stereocenters. The van der Waals surface area contributed by atoms with Crippen LogP contribution in [0.4, 0.5) is 0 Å². The van der Waals surface area contributed by atoms with Gasteiger partial charge in [0.2, 0.25) is 0 Å². The third-order valence-corrected chi connectivity index (χ3v) is 9.72. The topological polar surface area (TPSA) is 30.0 Å². The van der Waals surface area contributed by atoms with Crippen LogP contribution >= 0.6 is 0 Å². The largest absolute Gasteiger partial charge is 0.300 e. The quantitative estimate of drug-likeness (QED) is 0.272. The van der Waals surface area contributed by atoms with E-state index >= 15 is 0 Å². The van der Waals surface area contributed by atoms with Crippen molar-refractivity contribution in [2.75, 3.05) is 0 Å². The van der Waals surface area contributed by atoms with E-state index in [1.165, 1.54) is 85.9 Å². The first-order chi connectivity index (χ1) is 17.5. The average Bonchev–Trinajstić information content (AvgIpc) is 3.36. The number of carbonyl (C=O) groups is 1. The molecule has 2 saturated carbocycles. The first-order valence-corrected chi connectivity index (χ1v) is 15.1. The number of ketones is 1. The van der Waals surface area contributed by atoms with Crippen LogP contribution in [0.3, 0.4) is 0 Å². The van der Waals surface area contributed by atoms with Crippen molar-refractivity contribution >= 4 is 5.78 Å². The van der Waals surface area contributed by atoms with Crippen LogP contribution in [0.5, 0.6) is 0 Å². The molecule has 1 heterocycles. The zero-order valence-electron chi connectivity index (χ0n) is 22.6. The molecule has 0 aromatic carbocycles. The van der Waals surface area contributed by atoms with Crippen LogP contribution in [0.1, 0.15) is 120 Å². The minimum absolute atomic E-state index is 0.472. The third kappa shape index (κ3) is 6.67. The second-order valence-electron chi connectivity index (χ2n) is 12.7. The van der Waals surface area contributed by atoms with E-state index < -0.39 is 0 Å². The average molecular weight is 486 g/mol. The van der Waals surface area contributed by atoms with Gasteiger partial charge in [0.15, 0.2) is 0 Å². The molecule has 0 aliphatic heterocycles. The molecule has 4 aliphatic rings. The molecule has 0 spiro atoms. The van der Waals surface area contributed by atoms with E-state index in [-0.39, 0.29) is 0 Å². The number of nitrogens with zero attached hydrogens (tertiary/aromatic N) is 1. The Morgan fingerprint density at radius 2 is 1.86 bits per heavy atom. The number of pyridine rings is 1. The standard InChI is InChI=1S/C34H47NO/c1-24-7-10-28(11-8-24)23-32(36)19-16-26-12-14-27(15-13-26)22-31-18-17-30-21-25(2)9-20-33(34(30)35-31)29-5-3-4-6-29/h12-14,17-18,24,27-29,33H,2-11,15-16,19-23H2,1H3. The van der Waals surface area contributed by atoms with E-state index in [4.69, 9.17) is 4.98 Å². The summed E-state index contributed by atoms with van der Waals surface area (Å²) in [4.78, 5) is 17.9. The minimum atomic E-state index is 0.472. The predicted octanol–water partition coefficient (Wildman–Crippen LogP) is 8.86. The molecule has 194 valence electrons. The first-order valence-electron chi connectivity index (χ1n) is 15.1. The monoisotopic (exact) mass is 485 g/mol. The van der Waals surface area contributed by atoms with Gasteiger partial charge in [-0.3, -0.25) is 9.78 Å². The van der Waals surface area contributed by atoms with Gasteiger partial charge >= 0.3 is 0 Å². The van der Waals surface area contributed by atoms with Crippen molar-refractivity contribution < 1.29 is 4.79 Å². The fraction of sp³-hybridized carbons (Fsp3) is 0.647. The summed E-state index contributed by atoms with van der Waals surface area (Å²) in [6, 6.07) is 4.64. The fourth-order valence-corrected chi connectivity index (χ4v) is 7.36. The molecule has 36 heavy (non-hydrogen) atoms. The number of Topliss-reactive ketones (excluding diaryl/α,β-unsaturated/α-hetero) is 1. The molecule has 2 fully saturated rings. The zero-order valence-corrected chi connectivity index (χ0v) is 22.6. The molecule has 2 heteroatoms. The van der Waals surface area contributed by atoms with Gasteiger partial charge in [-0.05, 0) is 99.5 Å². The van der Waals surface area contributed by atoms with Crippen LogP contribution < -0.4 is 0 Å². The Balaban J connectivity index is 1.13. The number of rotatable bonds is 8. The van der Waals surface area contributed by atoms with Crippen molar-refractivity contribution in [3.63, 3.8) is 0 Å². The minimum Gasteiger partial charge on any atom is -0.300 e. The van der Waals surface area contributed by atoms with Crippen molar-refractivity contribution in [2.24, 2.45) is 23.7 Å². The van der Waals surface area contributed by atoms with Gasteiger partial charge in [0.05, 0.1) is 0 Å². The molecule has 1 aromatic heterocycles. The maximum Gasteiger partial charge on any atom is 0.133 e. The Labute approximate surface area is 219 Å². The Kier molecular flexibility index (Phi) is 8.60. The summed E-state index contributed by atoms with van der Waals surface area (Å²) in [5.41, 5.74) is 6.83. The number of fused-ring (bicyclic) bond motifs is 1. The summed E-state index contributed by atoms with van der Waals surface area (Å²) in [6.07, 6.45) is 25.7. The molecule has 0 N–H and O–H groups in total. The Hall–Kier alpha value is -1.96. The van der Waals surface area contributed by atoms with Crippen LogP contribution in [0, 0.1) is 23.7 Å². The van der Waals surface area contributed by atoms with E-state index in [2.05, 4.69) is 43.9 Å². The summed E-state index contributed by atoms with van der Waals surface area (Å²) in [5, 5.41) is 0. The highest BCUT2D eigenvalue weighted by molar-refractivity contribution is 5.79. The van der Waals surface area contributed by atoms with E-state index in [9.17, 15) is 4.79 Å². The van der Waals surface area contributed by atoms with E-state index in [0.29, 0.717) is 30.0 Å². The molecule has 2 nitrogen and oxygen atoms in total. The van der Waals surface area contributed by atoms with Crippen molar-refractivity contribution in [1.82, 2.24) is 4.98 Å². The maximum absolute atomic E-state index is 12.6. The lowest BCUT2D eigenvalue weighted by Crippen LogP contribution is -2.16. The summed E-state index contributed by atoms with van der Waals surface area (Å²) in [7, 11) is 0. The molecular weight excluding hydrogens is 438 g/mol. The number of hydrogen-bond acceptors (Lipinski definition) is 2. The van der Waals surface area contributed by atoms with Crippen molar-refractivity contribution in [3.8, 4) is 0 Å². The van der Waals surface area contributed by atoms with Gasteiger partial charge in [-0.25, -0.2) is 0 Å². The van der Waals surface area contributed by atoms with E-state index in [1.54, 1.807) is 0 Å². The highest BCUT2D eigenvalue weighted by atomic mass is 16.1. The second-order valence-corrected chi connectivity index (χ2v) is 12.7. The van der Waals surface area contributed by atoms with Gasteiger partial charge < -0.3 is 0 Å². The highest BCUT2D eigenvalue weighted by Crippen LogP contribution is 2.43. The van der Waals surface area contributed by atoms with Gasteiger partial charge in [0, 0.05) is 30.1 Å². The lowest BCUT2D eigenvalue weighted by molar-refractivity contribution is -0.120. The fourth-order valence-electron chi connectivity index (χ4n) is 7.36. The first kappa shape index (κ1) is 25.7. The molecule has 1 aromatic rings. The van der Waals surface area contributed by atoms with Crippen molar-refractivity contribution in [1.29, 1.82) is 0 Å². The predicted molar refractivity (Wildman–Crippen MR) is 150 cm³/mol. The zero-order chi connectivity index (χ0) is 24.9. The summed E-state index contributed by atoms with van der Waals surface area (Å²) >= 11 is 0. The molecular formula is C34H47NO. The van der Waals surface area contributed by atoms with Gasteiger partial charge in [0.1, 0.15) is 5.78 Å². The summed E-state index contributed by atoms with van der Waals surface area (Å²) in [5.74, 6) is 3.95. The summed E-state index contributed by atoms with van der Waals surface area (Å²) < 4.78 is 0. The van der Waals surface area contributed by atoms with Crippen LogP contribution in [-0.2, 0) is 17.6 Å². The van der Waals surface area contributed by atoms with Gasteiger partial charge in [0.25, 0.3) is 0 Å². The molecule has 4 aliphatic carbocycles. The molecule has 0 saturated heterocycles. The smallest absolute Gasteiger partial charge is 0.133 e. The molecule has 0 bridgehead atoms. The van der Waals surface area contributed by atoms with Crippen LogP contribution in [0.2, 0.25) is 0 Å². The highest BCUT2D eigenvalue weighted by Gasteiger charge is 2.31. The third-order valence-electron chi connectivity index (χ3n) is 9.72. The Bertz CT molecular complexity index is 986. The SMILES string of the molecule is C=C1CCC(C2CCCC2)c2nc(CC3C=CC(CCC(=O)CC4CCC(C)CC4)=CC3)ccc2C1. The molecule has 2 unspecified atom stereocenters. The van der Waals surface area contributed by atoms with Crippen molar-refractivity contribution in [3.05, 3.63) is 65.0 Å². The molecule has 5 rings (SSSR count). The summed E-state index contributed by atoms with van der Waals surface area (Å²) in [6.45, 7) is 6.70. The van der Waals surface area contributed by atoms with Gasteiger partial charge in [-0.2, -0.15) is 0 Å². The Morgan fingerprint density at radius 3 is 2.61 bits per heavy atom. The maximum atomic E-state index is 12.6. The van der Waals surface area contributed by atoms with Gasteiger partial charge in [-0.1, -0.05) is 74.6 Å². The Morgan fingerprint density at radius 1 is 1.06 bits per heavy atom.